The summed E-state index contributed by atoms with van der Waals surface area (Å²) >= 11 is 0. The van der Waals surface area contributed by atoms with E-state index in [1.165, 1.54) is 5.57 Å². The molecular weight excluding hydrogens is 291 g/mol. The van der Waals surface area contributed by atoms with E-state index in [0.717, 1.165) is 5.57 Å². The average molecular weight is 318 g/mol. The van der Waals surface area contributed by atoms with Gasteiger partial charge in [-0.1, -0.05) is 11.1 Å². The molecule has 0 saturated heterocycles. The summed E-state index contributed by atoms with van der Waals surface area (Å²) in [5, 5.41) is -1.21. The third-order valence-corrected chi connectivity index (χ3v) is 6.79. The number of carbonyl (C=O) groups excluding carboxylic acids is 1. The van der Waals surface area contributed by atoms with Gasteiger partial charge >= 0.3 is 13.6 Å². The van der Waals surface area contributed by atoms with Crippen LogP contribution in [0.5, 0.6) is 0 Å². The Morgan fingerprint density at radius 3 is 2.10 bits per heavy atom. The van der Waals surface area contributed by atoms with Gasteiger partial charge in [-0.15, -0.1) is 0 Å². The Labute approximate surface area is 127 Å². The van der Waals surface area contributed by atoms with Crippen LogP contribution in [0.4, 0.5) is 0 Å². The molecule has 1 unspecified atom stereocenters. The molecular formula is C15H27O5P. The van der Waals surface area contributed by atoms with Crippen molar-refractivity contribution in [3.05, 3.63) is 11.1 Å². The SMILES string of the molecule is CCOC(=O)C1(P(=O)(OCC)OCC)CCC(C)=C(C)C1. The first kappa shape index (κ1) is 18.4. The summed E-state index contributed by atoms with van der Waals surface area (Å²) in [5.41, 5.74) is 2.29. The minimum absolute atomic E-state index is 0.236. The quantitative estimate of drug-likeness (QED) is 0.402. The third kappa shape index (κ3) is 3.58. The fraction of sp³-hybridized carbons (Fsp3) is 0.800. The normalized spacial score (nSPS) is 23.3. The van der Waals surface area contributed by atoms with Gasteiger partial charge in [-0.25, -0.2) is 0 Å². The standard InChI is InChI=1S/C15H27O5P/c1-6-18-14(16)15(10-9-12(4)13(5)11-15)21(17,19-7-2)20-8-3/h6-11H2,1-5H3. The molecule has 1 atom stereocenters. The molecule has 0 N–H and O–H groups in total. The maximum Gasteiger partial charge on any atom is 0.348 e. The Balaban J connectivity index is 3.31. The predicted molar refractivity (Wildman–Crippen MR) is 82.4 cm³/mol. The fourth-order valence-corrected chi connectivity index (χ4v) is 5.05. The Bertz CT molecular complexity index is 447. The maximum absolute atomic E-state index is 13.3. The lowest BCUT2D eigenvalue weighted by Crippen LogP contribution is -2.43. The Morgan fingerprint density at radius 2 is 1.67 bits per heavy atom. The monoisotopic (exact) mass is 318 g/mol. The first-order valence-electron chi connectivity index (χ1n) is 7.58. The second-order valence-electron chi connectivity index (χ2n) is 5.32. The van der Waals surface area contributed by atoms with Crippen molar-refractivity contribution < 1.29 is 23.1 Å². The summed E-state index contributed by atoms with van der Waals surface area (Å²) < 4.78 is 29.5. The first-order valence-corrected chi connectivity index (χ1v) is 9.12. The lowest BCUT2D eigenvalue weighted by atomic mass is 9.84. The van der Waals surface area contributed by atoms with E-state index in [2.05, 4.69) is 0 Å². The van der Waals surface area contributed by atoms with E-state index < -0.39 is 18.7 Å². The second kappa shape index (κ2) is 7.57. The van der Waals surface area contributed by atoms with E-state index in [-0.39, 0.29) is 19.8 Å². The summed E-state index contributed by atoms with van der Waals surface area (Å²) in [4.78, 5) is 12.6. The van der Waals surface area contributed by atoms with E-state index in [4.69, 9.17) is 13.8 Å². The summed E-state index contributed by atoms with van der Waals surface area (Å²) in [7, 11) is -3.58. The topological polar surface area (TPSA) is 61.8 Å². The lowest BCUT2D eigenvalue weighted by Gasteiger charge is -2.39. The van der Waals surface area contributed by atoms with Crippen molar-refractivity contribution in [1.82, 2.24) is 0 Å². The molecule has 0 saturated carbocycles. The van der Waals surface area contributed by atoms with Gasteiger partial charge in [0.2, 0.25) is 0 Å². The van der Waals surface area contributed by atoms with Crippen molar-refractivity contribution in [3.8, 4) is 0 Å². The van der Waals surface area contributed by atoms with Crippen LogP contribution >= 0.6 is 7.60 Å². The molecule has 21 heavy (non-hydrogen) atoms. The molecule has 6 heteroatoms. The number of allylic oxidation sites excluding steroid dienone is 2. The average Bonchev–Trinajstić information content (AvgIpc) is 2.42. The second-order valence-corrected chi connectivity index (χ2v) is 7.69. The molecule has 0 fully saturated rings. The van der Waals surface area contributed by atoms with Crippen molar-refractivity contribution in [3.63, 3.8) is 0 Å². The third-order valence-electron chi connectivity index (χ3n) is 3.98. The van der Waals surface area contributed by atoms with Crippen LogP contribution in [0.2, 0.25) is 0 Å². The smallest absolute Gasteiger partial charge is 0.348 e. The highest BCUT2D eigenvalue weighted by atomic mass is 31.2. The molecule has 0 amide bonds. The maximum atomic E-state index is 13.3. The summed E-state index contributed by atoms with van der Waals surface area (Å²) in [6, 6.07) is 0. The number of hydrogen-bond donors (Lipinski definition) is 0. The van der Waals surface area contributed by atoms with E-state index in [1.54, 1.807) is 20.8 Å². The van der Waals surface area contributed by atoms with E-state index in [9.17, 15) is 9.36 Å². The molecule has 0 spiro atoms. The van der Waals surface area contributed by atoms with Crippen molar-refractivity contribution in [1.29, 1.82) is 0 Å². The van der Waals surface area contributed by atoms with Crippen LogP contribution in [0.1, 0.15) is 53.9 Å². The van der Waals surface area contributed by atoms with Gasteiger partial charge in [0, 0.05) is 0 Å². The van der Waals surface area contributed by atoms with Crippen LogP contribution in [0.3, 0.4) is 0 Å². The molecule has 0 heterocycles. The molecule has 0 aromatic carbocycles. The fourth-order valence-electron chi connectivity index (χ4n) is 2.70. The highest BCUT2D eigenvalue weighted by Crippen LogP contribution is 2.66. The Morgan fingerprint density at radius 1 is 1.10 bits per heavy atom. The Kier molecular flexibility index (Phi) is 6.64. The molecule has 0 aromatic heterocycles. The zero-order valence-corrected chi connectivity index (χ0v) is 14.6. The van der Waals surface area contributed by atoms with Gasteiger partial charge in [0.15, 0.2) is 5.16 Å². The molecule has 1 rings (SSSR count). The molecule has 0 bridgehead atoms. The summed E-state index contributed by atoms with van der Waals surface area (Å²) in [5.74, 6) is -0.470. The van der Waals surface area contributed by atoms with Gasteiger partial charge in [-0.2, -0.15) is 0 Å². The summed E-state index contributed by atoms with van der Waals surface area (Å²) in [6.45, 7) is 9.97. The van der Waals surface area contributed by atoms with E-state index >= 15 is 0 Å². The highest BCUT2D eigenvalue weighted by Gasteiger charge is 2.58. The minimum atomic E-state index is -3.58. The van der Waals surface area contributed by atoms with Gasteiger partial charge in [-0.3, -0.25) is 9.36 Å². The zero-order valence-electron chi connectivity index (χ0n) is 13.7. The van der Waals surface area contributed by atoms with Crippen molar-refractivity contribution in [2.24, 2.45) is 0 Å². The minimum Gasteiger partial charge on any atom is -0.465 e. The van der Waals surface area contributed by atoms with Gasteiger partial charge in [0.05, 0.1) is 19.8 Å². The van der Waals surface area contributed by atoms with Crippen LogP contribution < -0.4 is 0 Å². The summed E-state index contributed by atoms with van der Waals surface area (Å²) in [6.07, 6.45) is 1.51. The van der Waals surface area contributed by atoms with Crippen molar-refractivity contribution in [2.45, 2.75) is 59.0 Å². The van der Waals surface area contributed by atoms with Gasteiger partial charge < -0.3 is 13.8 Å². The van der Waals surface area contributed by atoms with Crippen LogP contribution in [-0.2, 0) is 23.1 Å². The molecule has 1 aliphatic carbocycles. The zero-order chi connectivity index (χ0) is 16.1. The molecule has 122 valence electrons. The van der Waals surface area contributed by atoms with Crippen LogP contribution in [0.25, 0.3) is 0 Å². The Hall–Kier alpha value is -0.640. The highest BCUT2D eigenvalue weighted by molar-refractivity contribution is 7.56. The molecule has 0 radical (unpaired) electrons. The first-order chi connectivity index (χ1) is 9.86. The number of rotatable bonds is 7. The molecule has 0 aromatic rings. The molecule has 0 aliphatic heterocycles. The van der Waals surface area contributed by atoms with Gasteiger partial charge in [-0.05, 0) is 53.9 Å². The van der Waals surface area contributed by atoms with E-state index in [1.807, 2.05) is 13.8 Å². The van der Waals surface area contributed by atoms with Crippen LogP contribution in [0, 0.1) is 0 Å². The van der Waals surface area contributed by atoms with Crippen molar-refractivity contribution >= 4 is 13.6 Å². The number of carbonyl (C=O) groups is 1. The number of ether oxygens (including phenoxy) is 1. The molecule has 5 nitrogen and oxygen atoms in total. The number of esters is 1. The van der Waals surface area contributed by atoms with Crippen LogP contribution in [-0.4, -0.2) is 30.9 Å². The lowest BCUT2D eigenvalue weighted by molar-refractivity contribution is -0.147. The predicted octanol–water partition coefficient (Wildman–Crippen LogP) is 4.07. The van der Waals surface area contributed by atoms with Gasteiger partial charge in [0.1, 0.15) is 0 Å². The van der Waals surface area contributed by atoms with E-state index in [0.29, 0.717) is 19.3 Å². The molecule has 1 aliphatic rings. The van der Waals surface area contributed by atoms with Gasteiger partial charge in [0.25, 0.3) is 0 Å². The largest absolute Gasteiger partial charge is 0.465 e. The van der Waals surface area contributed by atoms with Crippen molar-refractivity contribution in [2.75, 3.05) is 19.8 Å². The number of hydrogen-bond acceptors (Lipinski definition) is 5. The van der Waals surface area contributed by atoms with Crippen LogP contribution in [0.15, 0.2) is 11.1 Å².